The molecular formula is C7H13BrO2. The molecule has 2 atom stereocenters. The summed E-state index contributed by atoms with van der Waals surface area (Å²) in [5.74, 6) is -0.405. The largest absolute Gasteiger partial charge is 0.352 e. The third-order valence-electron chi connectivity index (χ3n) is 1.96. The van der Waals surface area contributed by atoms with E-state index in [-0.39, 0.29) is 0 Å². The first-order chi connectivity index (χ1) is 4.69. The highest BCUT2D eigenvalue weighted by molar-refractivity contribution is 9.09. The van der Waals surface area contributed by atoms with E-state index in [2.05, 4.69) is 15.9 Å². The van der Waals surface area contributed by atoms with Gasteiger partial charge in [-0.15, -0.1) is 0 Å². The first-order valence-electron chi connectivity index (χ1n) is 3.52. The highest BCUT2D eigenvalue weighted by atomic mass is 79.9. The van der Waals surface area contributed by atoms with Gasteiger partial charge in [0, 0.05) is 7.11 Å². The molecule has 0 radical (unpaired) electrons. The Morgan fingerprint density at radius 2 is 2.40 bits per heavy atom. The number of hydrogen-bond acceptors (Lipinski definition) is 2. The Labute approximate surface area is 70.0 Å². The lowest BCUT2D eigenvalue weighted by molar-refractivity contribution is -0.223. The van der Waals surface area contributed by atoms with Gasteiger partial charge in [-0.25, -0.2) is 0 Å². The zero-order chi connectivity index (χ0) is 7.61. The van der Waals surface area contributed by atoms with Crippen molar-refractivity contribution in [2.24, 2.45) is 0 Å². The van der Waals surface area contributed by atoms with E-state index in [9.17, 15) is 0 Å². The standard InChI is InChI=1S/C7H13BrO2/c1-7(9-2)6(8)4-3-5-10-7/h6H,3-5H2,1-2H3. The van der Waals surface area contributed by atoms with Crippen LogP contribution in [0, 0.1) is 0 Å². The van der Waals surface area contributed by atoms with E-state index >= 15 is 0 Å². The van der Waals surface area contributed by atoms with Gasteiger partial charge < -0.3 is 9.47 Å². The number of hydrogen-bond donors (Lipinski definition) is 0. The van der Waals surface area contributed by atoms with Gasteiger partial charge >= 0.3 is 0 Å². The van der Waals surface area contributed by atoms with Crippen LogP contribution >= 0.6 is 15.9 Å². The Bertz CT molecular complexity index is 118. The quantitative estimate of drug-likeness (QED) is 0.614. The number of halogens is 1. The Kier molecular flexibility index (Phi) is 2.72. The summed E-state index contributed by atoms with van der Waals surface area (Å²) in [4.78, 5) is 0.332. The minimum absolute atomic E-state index is 0.332. The normalized spacial score (nSPS) is 41.7. The monoisotopic (exact) mass is 208 g/mol. The minimum atomic E-state index is -0.405. The summed E-state index contributed by atoms with van der Waals surface area (Å²) in [5.41, 5.74) is 0. The molecule has 1 aliphatic heterocycles. The fourth-order valence-corrected chi connectivity index (χ4v) is 1.72. The van der Waals surface area contributed by atoms with E-state index in [0.717, 1.165) is 19.4 Å². The molecule has 1 saturated heterocycles. The molecule has 1 fully saturated rings. The second-order valence-corrected chi connectivity index (χ2v) is 3.78. The van der Waals surface area contributed by atoms with Crippen molar-refractivity contribution in [3.8, 4) is 0 Å². The van der Waals surface area contributed by atoms with Crippen LogP contribution in [0.15, 0.2) is 0 Å². The summed E-state index contributed by atoms with van der Waals surface area (Å²) >= 11 is 3.52. The smallest absolute Gasteiger partial charge is 0.177 e. The van der Waals surface area contributed by atoms with Crippen LogP contribution in [0.2, 0.25) is 0 Å². The fraction of sp³-hybridized carbons (Fsp3) is 1.00. The van der Waals surface area contributed by atoms with E-state index in [1.54, 1.807) is 7.11 Å². The van der Waals surface area contributed by atoms with E-state index in [4.69, 9.17) is 9.47 Å². The topological polar surface area (TPSA) is 18.5 Å². The highest BCUT2D eigenvalue weighted by Crippen LogP contribution is 2.30. The molecule has 1 rings (SSSR count). The van der Waals surface area contributed by atoms with Crippen molar-refractivity contribution in [2.75, 3.05) is 13.7 Å². The van der Waals surface area contributed by atoms with E-state index in [1.165, 1.54) is 0 Å². The Morgan fingerprint density at radius 1 is 1.70 bits per heavy atom. The van der Waals surface area contributed by atoms with Crippen LogP contribution in [-0.4, -0.2) is 24.3 Å². The zero-order valence-electron chi connectivity index (χ0n) is 6.39. The lowest BCUT2D eigenvalue weighted by atomic mass is 10.1. The van der Waals surface area contributed by atoms with Gasteiger partial charge in [0.25, 0.3) is 0 Å². The molecule has 0 aromatic carbocycles. The van der Waals surface area contributed by atoms with Crippen molar-refractivity contribution < 1.29 is 9.47 Å². The van der Waals surface area contributed by atoms with Crippen LogP contribution in [0.25, 0.3) is 0 Å². The molecule has 0 aromatic rings. The number of rotatable bonds is 1. The highest BCUT2D eigenvalue weighted by Gasteiger charge is 2.35. The maximum absolute atomic E-state index is 5.46. The Hall–Kier alpha value is 0.400. The average Bonchev–Trinajstić information content (AvgIpc) is 1.96. The number of ether oxygens (including phenoxy) is 2. The molecule has 0 bridgehead atoms. The molecule has 0 saturated carbocycles. The van der Waals surface area contributed by atoms with E-state index < -0.39 is 5.79 Å². The van der Waals surface area contributed by atoms with Gasteiger partial charge in [-0.1, -0.05) is 15.9 Å². The molecule has 1 aliphatic rings. The lowest BCUT2D eigenvalue weighted by Crippen LogP contribution is -2.44. The third kappa shape index (κ3) is 1.52. The van der Waals surface area contributed by atoms with Gasteiger partial charge in [0.1, 0.15) is 0 Å². The molecule has 0 N–H and O–H groups in total. The summed E-state index contributed by atoms with van der Waals surface area (Å²) in [6.45, 7) is 2.78. The van der Waals surface area contributed by atoms with Crippen molar-refractivity contribution in [3.05, 3.63) is 0 Å². The molecule has 0 aliphatic carbocycles. The summed E-state index contributed by atoms with van der Waals surface area (Å²) in [5, 5.41) is 0. The molecule has 60 valence electrons. The minimum Gasteiger partial charge on any atom is -0.352 e. The molecule has 3 heteroatoms. The second kappa shape index (κ2) is 3.20. The van der Waals surface area contributed by atoms with Gasteiger partial charge in [0.2, 0.25) is 0 Å². The number of methoxy groups -OCH3 is 1. The zero-order valence-corrected chi connectivity index (χ0v) is 7.98. The summed E-state index contributed by atoms with van der Waals surface area (Å²) < 4.78 is 10.7. The Morgan fingerprint density at radius 3 is 2.80 bits per heavy atom. The average molecular weight is 209 g/mol. The number of alkyl halides is 1. The van der Waals surface area contributed by atoms with Gasteiger partial charge in [-0.05, 0) is 19.8 Å². The summed E-state index contributed by atoms with van der Waals surface area (Å²) in [6.07, 6.45) is 2.25. The van der Waals surface area contributed by atoms with Gasteiger partial charge in [-0.3, -0.25) is 0 Å². The maximum Gasteiger partial charge on any atom is 0.177 e. The first-order valence-corrected chi connectivity index (χ1v) is 4.44. The van der Waals surface area contributed by atoms with Crippen molar-refractivity contribution in [1.29, 1.82) is 0 Å². The molecule has 10 heavy (non-hydrogen) atoms. The Balaban J connectivity index is 2.54. The van der Waals surface area contributed by atoms with Crippen molar-refractivity contribution in [3.63, 3.8) is 0 Å². The SMILES string of the molecule is COC1(C)OCCCC1Br. The van der Waals surface area contributed by atoms with Crippen LogP contribution < -0.4 is 0 Å². The summed E-state index contributed by atoms with van der Waals surface area (Å²) in [7, 11) is 1.68. The van der Waals surface area contributed by atoms with Crippen LogP contribution in [-0.2, 0) is 9.47 Å². The molecule has 0 aromatic heterocycles. The van der Waals surface area contributed by atoms with Crippen LogP contribution in [0.4, 0.5) is 0 Å². The van der Waals surface area contributed by atoms with Gasteiger partial charge in [-0.2, -0.15) is 0 Å². The predicted octanol–water partition coefficient (Wildman–Crippen LogP) is 1.92. The molecule has 1 heterocycles. The van der Waals surface area contributed by atoms with Crippen molar-refractivity contribution in [1.82, 2.24) is 0 Å². The fourth-order valence-electron chi connectivity index (χ4n) is 1.08. The van der Waals surface area contributed by atoms with E-state index in [1.807, 2.05) is 6.92 Å². The van der Waals surface area contributed by atoms with Crippen LogP contribution in [0.5, 0.6) is 0 Å². The van der Waals surface area contributed by atoms with E-state index in [0.29, 0.717) is 4.83 Å². The van der Waals surface area contributed by atoms with Gasteiger partial charge in [0.05, 0.1) is 11.4 Å². The van der Waals surface area contributed by atoms with Gasteiger partial charge in [0.15, 0.2) is 5.79 Å². The second-order valence-electron chi connectivity index (χ2n) is 2.68. The van der Waals surface area contributed by atoms with Crippen molar-refractivity contribution >= 4 is 15.9 Å². The first kappa shape index (κ1) is 8.50. The maximum atomic E-state index is 5.46. The molecule has 0 spiro atoms. The van der Waals surface area contributed by atoms with Crippen LogP contribution in [0.3, 0.4) is 0 Å². The molecule has 2 unspecified atom stereocenters. The molecule has 0 amide bonds. The predicted molar refractivity (Wildman–Crippen MR) is 43.3 cm³/mol. The lowest BCUT2D eigenvalue weighted by Gasteiger charge is -2.36. The molecular weight excluding hydrogens is 196 g/mol. The van der Waals surface area contributed by atoms with Crippen molar-refractivity contribution in [2.45, 2.75) is 30.4 Å². The van der Waals surface area contributed by atoms with Crippen LogP contribution in [0.1, 0.15) is 19.8 Å². The molecule has 2 nitrogen and oxygen atoms in total. The summed E-state index contributed by atoms with van der Waals surface area (Å²) in [6, 6.07) is 0. The third-order valence-corrected chi connectivity index (χ3v) is 3.25.